The number of aromatic amines is 1. The highest BCUT2D eigenvalue weighted by atomic mass is 19.4. The molecule has 2 N–H and O–H groups in total. The van der Waals surface area contributed by atoms with Crippen LogP contribution in [0.4, 0.5) is 19.0 Å². The molecule has 116 valence electrons. The van der Waals surface area contributed by atoms with E-state index in [9.17, 15) is 27.6 Å². The third-order valence-corrected chi connectivity index (χ3v) is 2.58. The number of amides is 1. The number of pyridine rings is 1. The maximum Gasteiger partial charge on any atom is 0.406 e. The van der Waals surface area contributed by atoms with Crippen LogP contribution in [-0.2, 0) is 6.54 Å². The Morgan fingerprint density at radius 2 is 2.18 bits per heavy atom. The van der Waals surface area contributed by atoms with E-state index in [1.807, 2.05) is 0 Å². The number of halogens is 3. The summed E-state index contributed by atoms with van der Waals surface area (Å²) in [7, 11) is 0. The molecule has 1 amide bonds. The van der Waals surface area contributed by atoms with Crippen LogP contribution in [0.5, 0.6) is 0 Å². The number of aromatic nitrogens is 3. The Morgan fingerprint density at radius 3 is 2.73 bits per heavy atom. The first-order chi connectivity index (χ1) is 10.3. The minimum Gasteiger partial charge on any atom is -0.331 e. The number of carbonyl (C=O) groups is 2. The summed E-state index contributed by atoms with van der Waals surface area (Å²) in [5.41, 5.74) is -1.96. The Morgan fingerprint density at radius 1 is 1.45 bits per heavy atom. The van der Waals surface area contributed by atoms with Crippen LogP contribution in [0.15, 0.2) is 29.6 Å². The molecule has 7 nitrogen and oxygen atoms in total. The zero-order chi connectivity index (χ0) is 16.3. The molecule has 22 heavy (non-hydrogen) atoms. The van der Waals surface area contributed by atoms with E-state index >= 15 is 0 Å². The number of hydrogen-bond donors (Lipinski definition) is 2. The van der Waals surface area contributed by atoms with Gasteiger partial charge in [-0.05, 0) is 6.07 Å². The predicted octanol–water partition coefficient (Wildman–Crippen LogP) is 1.20. The SMILES string of the molecule is O=Cc1cc(C(=O)Nc2cnc[nH]2)c(=O)n(CC(F)(F)F)c1. The van der Waals surface area contributed by atoms with Gasteiger partial charge in [0, 0.05) is 11.8 Å². The number of H-pyrrole nitrogens is 1. The molecule has 0 unspecified atom stereocenters. The lowest BCUT2D eigenvalue weighted by molar-refractivity contribution is -0.141. The molecule has 2 rings (SSSR count). The van der Waals surface area contributed by atoms with E-state index in [-0.39, 0.29) is 22.2 Å². The molecular formula is C12H9F3N4O3. The fourth-order valence-electron chi connectivity index (χ4n) is 1.71. The second-order valence-corrected chi connectivity index (χ2v) is 4.27. The van der Waals surface area contributed by atoms with Crippen LogP contribution in [-0.4, -0.2) is 32.9 Å². The van der Waals surface area contributed by atoms with E-state index in [0.29, 0.717) is 0 Å². The highest BCUT2D eigenvalue weighted by Crippen LogP contribution is 2.17. The zero-order valence-corrected chi connectivity index (χ0v) is 10.8. The van der Waals surface area contributed by atoms with Crippen molar-refractivity contribution in [2.45, 2.75) is 12.7 Å². The van der Waals surface area contributed by atoms with E-state index in [4.69, 9.17) is 0 Å². The van der Waals surface area contributed by atoms with Crippen molar-refractivity contribution in [3.05, 3.63) is 46.3 Å². The fourth-order valence-corrected chi connectivity index (χ4v) is 1.71. The second kappa shape index (κ2) is 5.84. The van der Waals surface area contributed by atoms with Crippen LogP contribution in [0.2, 0.25) is 0 Å². The molecule has 0 aliphatic carbocycles. The topological polar surface area (TPSA) is 96.8 Å². The first-order valence-corrected chi connectivity index (χ1v) is 5.86. The number of anilines is 1. The maximum atomic E-state index is 12.4. The van der Waals surface area contributed by atoms with Gasteiger partial charge < -0.3 is 14.9 Å². The van der Waals surface area contributed by atoms with Gasteiger partial charge in [-0.2, -0.15) is 13.2 Å². The Labute approximate surface area is 120 Å². The predicted molar refractivity (Wildman–Crippen MR) is 68.7 cm³/mol. The summed E-state index contributed by atoms with van der Waals surface area (Å²) in [6.45, 7) is -1.60. The van der Waals surface area contributed by atoms with E-state index in [2.05, 4.69) is 15.3 Å². The summed E-state index contributed by atoms with van der Waals surface area (Å²) >= 11 is 0. The molecule has 0 aliphatic rings. The summed E-state index contributed by atoms with van der Waals surface area (Å²) in [5.74, 6) is -0.794. The minimum atomic E-state index is -4.66. The molecule has 0 radical (unpaired) electrons. The van der Waals surface area contributed by atoms with Gasteiger partial charge in [-0.3, -0.25) is 14.4 Å². The van der Waals surface area contributed by atoms with Crippen LogP contribution in [0, 0.1) is 0 Å². The Balaban J connectivity index is 2.42. The van der Waals surface area contributed by atoms with Crippen molar-refractivity contribution in [1.82, 2.24) is 14.5 Å². The third-order valence-electron chi connectivity index (χ3n) is 2.58. The van der Waals surface area contributed by atoms with Crippen LogP contribution >= 0.6 is 0 Å². The molecule has 0 bridgehead atoms. The molecule has 0 fully saturated rings. The highest BCUT2D eigenvalue weighted by Gasteiger charge is 2.29. The average Bonchev–Trinajstić information content (AvgIpc) is 2.92. The number of imidazole rings is 1. The lowest BCUT2D eigenvalue weighted by atomic mass is 10.2. The Hall–Kier alpha value is -2.91. The van der Waals surface area contributed by atoms with Gasteiger partial charge in [0.25, 0.3) is 11.5 Å². The number of nitrogens with zero attached hydrogens (tertiary/aromatic N) is 2. The summed E-state index contributed by atoms with van der Waals surface area (Å²) in [4.78, 5) is 40.8. The number of carbonyl (C=O) groups excluding carboxylic acids is 2. The van der Waals surface area contributed by atoms with Crippen LogP contribution in [0.3, 0.4) is 0 Å². The van der Waals surface area contributed by atoms with Gasteiger partial charge >= 0.3 is 6.18 Å². The molecule has 0 aromatic carbocycles. The first kappa shape index (κ1) is 15.5. The first-order valence-electron chi connectivity index (χ1n) is 5.86. The summed E-state index contributed by atoms with van der Waals surface area (Å²) in [6, 6.07) is 0.925. The number of hydrogen-bond acceptors (Lipinski definition) is 4. The van der Waals surface area contributed by atoms with Crippen LogP contribution in [0.25, 0.3) is 0 Å². The largest absolute Gasteiger partial charge is 0.406 e. The van der Waals surface area contributed by atoms with Gasteiger partial charge in [-0.1, -0.05) is 0 Å². The normalized spacial score (nSPS) is 11.2. The molecule has 0 aliphatic heterocycles. The standard InChI is InChI=1S/C12H9F3N4O3/c13-12(14,15)5-19-3-7(4-20)1-8(11(19)22)10(21)18-9-2-16-6-17-9/h1-4,6H,5H2,(H,16,17)(H,18,21). The molecule has 2 aromatic heterocycles. The summed E-state index contributed by atoms with van der Waals surface area (Å²) in [5, 5.41) is 2.25. The smallest absolute Gasteiger partial charge is 0.331 e. The number of aldehydes is 1. The van der Waals surface area contributed by atoms with E-state index in [1.54, 1.807) is 0 Å². The van der Waals surface area contributed by atoms with Crippen molar-refractivity contribution in [3.63, 3.8) is 0 Å². The van der Waals surface area contributed by atoms with Gasteiger partial charge in [0.1, 0.15) is 17.9 Å². The molecule has 0 saturated carbocycles. The molecule has 0 saturated heterocycles. The van der Waals surface area contributed by atoms with Crippen molar-refractivity contribution < 1.29 is 22.8 Å². The lowest BCUT2D eigenvalue weighted by Gasteiger charge is -2.11. The lowest BCUT2D eigenvalue weighted by Crippen LogP contribution is -2.33. The Bertz CT molecular complexity index is 750. The molecular weight excluding hydrogens is 305 g/mol. The summed E-state index contributed by atoms with van der Waals surface area (Å²) in [6.07, 6.45) is -1.16. The fraction of sp³-hybridized carbons (Fsp3) is 0.167. The monoisotopic (exact) mass is 314 g/mol. The molecule has 0 atom stereocenters. The zero-order valence-electron chi connectivity index (χ0n) is 10.8. The molecule has 2 aromatic rings. The molecule has 10 heteroatoms. The van der Waals surface area contributed by atoms with Crippen LogP contribution in [0.1, 0.15) is 20.7 Å². The van der Waals surface area contributed by atoms with Gasteiger partial charge in [-0.25, -0.2) is 4.98 Å². The van der Waals surface area contributed by atoms with Gasteiger partial charge in [0.05, 0.1) is 12.5 Å². The summed E-state index contributed by atoms with van der Waals surface area (Å²) < 4.78 is 37.6. The molecule has 0 spiro atoms. The average molecular weight is 314 g/mol. The van der Waals surface area contributed by atoms with E-state index < -0.39 is 29.8 Å². The van der Waals surface area contributed by atoms with Gasteiger partial charge in [-0.15, -0.1) is 0 Å². The van der Waals surface area contributed by atoms with Crippen LogP contribution < -0.4 is 10.9 Å². The number of rotatable bonds is 4. The van der Waals surface area contributed by atoms with E-state index in [1.165, 1.54) is 12.5 Å². The number of alkyl halides is 3. The third kappa shape index (κ3) is 3.59. The minimum absolute atomic E-state index is 0.156. The van der Waals surface area contributed by atoms with Gasteiger partial charge in [0.2, 0.25) is 0 Å². The van der Waals surface area contributed by atoms with Crippen molar-refractivity contribution in [1.29, 1.82) is 0 Å². The van der Waals surface area contributed by atoms with Crippen molar-refractivity contribution in [2.75, 3.05) is 5.32 Å². The Kier molecular flexibility index (Phi) is 4.11. The van der Waals surface area contributed by atoms with E-state index in [0.717, 1.165) is 12.3 Å². The number of nitrogens with one attached hydrogen (secondary N) is 2. The quantitative estimate of drug-likeness (QED) is 0.829. The maximum absolute atomic E-state index is 12.4. The van der Waals surface area contributed by atoms with Gasteiger partial charge in [0.15, 0.2) is 6.29 Å². The van der Waals surface area contributed by atoms with Crippen molar-refractivity contribution in [3.8, 4) is 0 Å². The second-order valence-electron chi connectivity index (χ2n) is 4.27. The molecule has 2 heterocycles. The highest BCUT2D eigenvalue weighted by molar-refractivity contribution is 6.04. The van der Waals surface area contributed by atoms with Crippen molar-refractivity contribution in [2.24, 2.45) is 0 Å². The van der Waals surface area contributed by atoms with Crippen molar-refractivity contribution >= 4 is 18.0 Å².